The molecule has 0 fully saturated rings. The molecule has 0 N–H and O–H groups in total. The zero-order chi connectivity index (χ0) is 14.7. The largest absolute Gasteiger partial charge is 0.462 e. The number of benzene rings is 1. The summed E-state index contributed by atoms with van der Waals surface area (Å²) in [6, 6.07) is 9.49. The molecule has 0 bridgehead atoms. The van der Waals surface area contributed by atoms with Crippen LogP contribution in [-0.2, 0) is 14.1 Å². The number of rotatable bonds is 4. The molecule has 2 atom stereocenters. The van der Waals surface area contributed by atoms with Gasteiger partial charge in [0.1, 0.15) is 13.2 Å². The Bertz CT molecular complexity index is 474. The molecule has 0 aliphatic heterocycles. The number of hydrogen-bond donors (Lipinski definition) is 0. The summed E-state index contributed by atoms with van der Waals surface area (Å²) in [4.78, 5) is 11.0. The first kappa shape index (κ1) is 16.0. The first-order valence-corrected chi connectivity index (χ1v) is 8.38. The monoisotopic (exact) mass is 282 g/mol. The highest BCUT2D eigenvalue weighted by molar-refractivity contribution is 7.73. The van der Waals surface area contributed by atoms with Crippen LogP contribution in [0.15, 0.2) is 30.3 Å². The molecule has 2 unspecified atom stereocenters. The first-order valence-electron chi connectivity index (χ1n) is 6.49. The Morgan fingerprint density at radius 2 is 1.79 bits per heavy atom. The van der Waals surface area contributed by atoms with Gasteiger partial charge in [-0.25, -0.2) is 0 Å². The molecule has 19 heavy (non-hydrogen) atoms. The Labute approximate surface area is 115 Å². The maximum atomic E-state index is 13.4. The maximum absolute atomic E-state index is 13.4. The van der Waals surface area contributed by atoms with Crippen LogP contribution in [0.5, 0.6) is 0 Å². The molecule has 0 saturated heterocycles. The third-order valence-corrected chi connectivity index (χ3v) is 7.47. The van der Waals surface area contributed by atoms with Gasteiger partial charge in [-0.05, 0) is 6.92 Å². The standard InChI is InChI=1S/C15H23O3P/c1-12(18-13(2)16)11-19(17,15(3,4)5)14-9-7-6-8-10-14/h6-10,12H,11H2,1-5H3. The van der Waals surface area contributed by atoms with Crippen LogP contribution in [0.1, 0.15) is 34.6 Å². The second-order valence-electron chi connectivity index (χ2n) is 5.85. The van der Waals surface area contributed by atoms with E-state index in [0.29, 0.717) is 6.16 Å². The second kappa shape index (κ2) is 5.92. The van der Waals surface area contributed by atoms with Gasteiger partial charge in [0.05, 0.1) is 0 Å². The van der Waals surface area contributed by atoms with Crippen molar-refractivity contribution in [2.24, 2.45) is 0 Å². The van der Waals surface area contributed by atoms with Crippen molar-refractivity contribution in [1.29, 1.82) is 0 Å². The SMILES string of the molecule is CC(=O)OC(C)CP(=O)(c1ccccc1)C(C)(C)C. The zero-order valence-corrected chi connectivity index (χ0v) is 13.2. The molecule has 1 aromatic carbocycles. The Morgan fingerprint density at radius 3 is 2.21 bits per heavy atom. The summed E-state index contributed by atoms with van der Waals surface area (Å²) in [6.45, 7) is 9.09. The summed E-state index contributed by atoms with van der Waals surface area (Å²) < 4.78 is 18.6. The number of esters is 1. The van der Waals surface area contributed by atoms with Crippen molar-refractivity contribution in [1.82, 2.24) is 0 Å². The van der Waals surface area contributed by atoms with Crippen molar-refractivity contribution in [2.45, 2.75) is 45.9 Å². The highest BCUT2D eigenvalue weighted by atomic mass is 31.2. The van der Waals surface area contributed by atoms with Crippen molar-refractivity contribution >= 4 is 18.4 Å². The molecule has 1 rings (SSSR count). The van der Waals surface area contributed by atoms with Gasteiger partial charge in [0, 0.05) is 23.5 Å². The van der Waals surface area contributed by atoms with Crippen molar-refractivity contribution in [3.63, 3.8) is 0 Å². The van der Waals surface area contributed by atoms with Gasteiger partial charge < -0.3 is 9.30 Å². The van der Waals surface area contributed by atoms with Crippen LogP contribution in [0, 0.1) is 0 Å². The predicted molar refractivity (Wildman–Crippen MR) is 79.5 cm³/mol. The van der Waals surface area contributed by atoms with Crippen LogP contribution in [0.25, 0.3) is 0 Å². The van der Waals surface area contributed by atoms with E-state index in [1.54, 1.807) is 6.92 Å². The van der Waals surface area contributed by atoms with Gasteiger partial charge in [0.2, 0.25) is 0 Å². The Balaban J connectivity index is 3.09. The van der Waals surface area contributed by atoms with E-state index in [4.69, 9.17) is 4.74 Å². The molecular weight excluding hydrogens is 259 g/mol. The number of carbonyl (C=O) groups excluding carboxylic acids is 1. The van der Waals surface area contributed by atoms with Gasteiger partial charge in [0.15, 0.2) is 0 Å². The van der Waals surface area contributed by atoms with Crippen LogP contribution in [0.4, 0.5) is 0 Å². The van der Waals surface area contributed by atoms with Gasteiger partial charge >= 0.3 is 5.97 Å². The fraction of sp³-hybridized carbons (Fsp3) is 0.533. The highest BCUT2D eigenvalue weighted by Crippen LogP contribution is 2.57. The third kappa shape index (κ3) is 3.94. The molecule has 0 spiro atoms. The van der Waals surface area contributed by atoms with E-state index in [1.165, 1.54) is 6.92 Å². The van der Waals surface area contributed by atoms with E-state index < -0.39 is 7.14 Å². The van der Waals surface area contributed by atoms with E-state index in [0.717, 1.165) is 5.30 Å². The molecular formula is C15H23O3P. The summed E-state index contributed by atoms with van der Waals surface area (Å²) in [5.41, 5.74) is 0. The number of hydrogen-bond acceptors (Lipinski definition) is 3. The molecule has 3 nitrogen and oxygen atoms in total. The van der Waals surface area contributed by atoms with Crippen LogP contribution in [-0.4, -0.2) is 23.4 Å². The molecule has 0 aliphatic carbocycles. The molecule has 0 amide bonds. The summed E-state index contributed by atoms with van der Waals surface area (Å²) >= 11 is 0. The van der Waals surface area contributed by atoms with Gasteiger partial charge in [-0.3, -0.25) is 4.79 Å². The van der Waals surface area contributed by atoms with Crippen molar-refractivity contribution < 1.29 is 14.1 Å². The Hall–Kier alpha value is -1.08. The number of ether oxygens (including phenoxy) is 1. The van der Waals surface area contributed by atoms with Crippen molar-refractivity contribution in [3.8, 4) is 0 Å². The zero-order valence-electron chi connectivity index (χ0n) is 12.3. The van der Waals surface area contributed by atoms with E-state index >= 15 is 0 Å². The topological polar surface area (TPSA) is 43.4 Å². The third-order valence-electron chi connectivity index (χ3n) is 3.14. The fourth-order valence-electron chi connectivity index (χ4n) is 2.12. The lowest BCUT2D eigenvalue weighted by Gasteiger charge is -2.33. The maximum Gasteiger partial charge on any atom is 0.302 e. The molecule has 4 heteroatoms. The lowest BCUT2D eigenvalue weighted by molar-refractivity contribution is -0.144. The van der Waals surface area contributed by atoms with Crippen molar-refractivity contribution in [2.75, 3.05) is 6.16 Å². The van der Waals surface area contributed by atoms with E-state index in [9.17, 15) is 9.36 Å². The van der Waals surface area contributed by atoms with Crippen LogP contribution >= 0.6 is 7.14 Å². The fourth-order valence-corrected chi connectivity index (χ4v) is 5.10. The minimum absolute atomic E-state index is 0.332. The number of carbonyl (C=O) groups is 1. The summed E-state index contributed by atoms with van der Waals surface area (Å²) in [6.07, 6.45) is 0.0304. The van der Waals surface area contributed by atoms with Crippen LogP contribution in [0.2, 0.25) is 0 Å². The minimum Gasteiger partial charge on any atom is -0.462 e. The normalized spacial score (nSPS) is 16.5. The van der Waals surface area contributed by atoms with Crippen LogP contribution < -0.4 is 5.30 Å². The van der Waals surface area contributed by atoms with Crippen molar-refractivity contribution in [3.05, 3.63) is 30.3 Å². The Morgan fingerprint density at radius 1 is 1.26 bits per heavy atom. The molecule has 106 valence electrons. The molecule has 0 aromatic heterocycles. The van der Waals surface area contributed by atoms with E-state index in [2.05, 4.69) is 0 Å². The molecule has 0 saturated carbocycles. The lowest BCUT2D eigenvalue weighted by atomic mass is 10.3. The van der Waals surface area contributed by atoms with Gasteiger partial charge in [-0.2, -0.15) is 0 Å². The lowest BCUT2D eigenvalue weighted by Crippen LogP contribution is -2.30. The van der Waals surface area contributed by atoms with Gasteiger partial charge in [-0.1, -0.05) is 51.1 Å². The summed E-state index contributed by atoms with van der Waals surface area (Å²) in [5.74, 6) is -0.332. The Kier molecular flexibility index (Phi) is 4.98. The molecule has 0 radical (unpaired) electrons. The summed E-state index contributed by atoms with van der Waals surface area (Å²) in [7, 11) is -2.65. The molecule has 1 aromatic rings. The van der Waals surface area contributed by atoms with Crippen LogP contribution in [0.3, 0.4) is 0 Å². The first-order chi connectivity index (χ1) is 8.67. The summed E-state index contributed by atoms with van der Waals surface area (Å²) in [5, 5.41) is 0.490. The minimum atomic E-state index is -2.65. The molecule has 0 heterocycles. The van der Waals surface area contributed by atoms with Gasteiger partial charge in [-0.15, -0.1) is 0 Å². The predicted octanol–water partition coefficient (Wildman–Crippen LogP) is 3.43. The van der Waals surface area contributed by atoms with E-state index in [1.807, 2.05) is 51.1 Å². The van der Waals surface area contributed by atoms with Gasteiger partial charge in [0.25, 0.3) is 0 Å². The van der Waals surface area contributed by atoms with E-state index in [-0.39, 0.29) is 17.2 Å². The smallest absolute Gasteiger partial charge is 0.302 e. The molecule has 0 aliphatic rings. The average Bonchev–Trinajstić information content (AvgIpc) is 2.27. The average molecular weight is 282 g/mol. The highest BCUT2D eigenvalue weighted by Gasteiger charge is 2.39. The second-order valence-corrected chi connectivity index (χ2v) is 9.55. The quantitative estimate of drug-likeness (QED) is 0.627.